The van der Waals surface area contributed by atoms with Crippen molar-refractivity contribution in [2.75, 3.05) is 12.3 Å². The molecule has 0 atom stereocenters. The summed E-state index contributed by atoms with van der Waals surface area (Å²) >= 11 is 0. The van der Waals surface area contributed by atoms with Gasteiger partial charge in [0.2, 0.25) is 10.0 Å². The van der Waals surface area contributed by atoms with Crippen LogP contribution >= 0.6 is 0 Å². The van der Waals surface area contributed by atoms with E-state index in [9.17, 15) is 8.42 Å². The molecule has 66 valence electrons. The van der Waals surface area contributed by atoms with Crippen LogP contribution in [0.15, 0.2) is 0 Å². The molecule has 1 rings (SSSR count). The summed E-state index contributed by atoms with van der Waals surface area (Å²) in [5.74, 6) is 0.802. The SMILES string of the molecule is CCS(=O)(=O)NCC1CCC1. The van der Waals surface area contributed by atoms with Crippen molar-refractivity contribution >= 4 is 10.0 Å². The molecule has 0 saturated heterocycles. The van der Waals surface area contributed by atoms with E-state index in [2.05, 4.69) is 4.72 Å². The van der Waals surface area contributed by atoms with E-state index in [0.29, 0.717) is 12.5 Å². The van der Waals surface area contributed by atoms with Crippen LogP contribution in [0, 0.1) is 5.92 Å². The highest BCUT2D eigenvalue weighted by molar-refractivity contribution is 7.89. The Morgan fingerprint density at radius 3 is 2.45 bits per heavy atom. The van der Waals surface area contributed by atoms with Crippen LogP contribution in [-0.2, 0) is 10.0 Å². The summed E-state index contributed by atoms with van der Waals surface area (Å²) in [5.41, 5.74) is 0. The second-order valence-corrected chi connectivity index (χ2v) is 5.14. The van der Waals surface area contributed by atoms with Gasteiger partial charge in [-0.25, -0.2) is 13.1 Å². The van der Waals surface area contributed by atoms with Crippen LogP contribution in [0.4, 0.5) is 0 Å². The van der Waals surface area contributed by atoms with Gasteiger partial charge in [-0.1, -0.05) is 6.42 Å². The van der Waals surface area contributed by atoms with Crippen LogP contribution < -0.4 is 4.72 Å². The van der Waals surface area contributed by atoms with Gasteiger partial charge in [0.25, 0.3) is 0 Å². The van der Waals surface area contributed by atoms with Crippen LogP contribution in [0.1, 0.15) is 26.2 Å². The maximum atomic E-state index is 10.9. The third-order valence-corrected chi connectivity index (χ3v) is 3.56. The molecular formula is C7H15NO2S. The van der Waals surface area contributed by atoms with Crippen molar-refractivity contribution in [3.8, 4) is 0 Å². The predicted molar refractivity (Wildman–Crippen MR) is 44.8 cm³/mol. The van der Waals surface area contributed by atoms with Gasteiger partial charge in [0.1, 0.15) is 0 Å². The van der Waals surface area contributed by atoms with Crippen LogP contribution in [0.3, 0.4) is 0 Å². The Labute approximate surface area is 68.2 Å². The fourth-order valence-electron chi connectivity index (χ4n) is 1.04. The van der Waals surface area contributed by atoms with Gasteiger partial charge in [0, 0.05) is 6.54 Å². The van der Waals surface area contributed by atoms with Crippen molar-refractivity contribution < 1.29 is 8.42 Å². The number of rotatable bonds is 4. The van der Waals surface area contributed by atoms with Crippen molar-refractivity contribution in [3.05, 3.63) is 0 Å². The van der Waals surface area contributed by atoms with Gasteiger partial charge >= 0.3 is 0 Å². The second kappa shape index (κ2) is 3.54. The first kappa shape index (κ1) is 9.00. The Bertz CT molecular complexity index is 206. The first-order chi connectivity index (χ1) is 5.14. The number of nitrogens with one attached hydrogen (secondary N) is 1. The van der Waals surface area contributed by atoms with E-state index in [1.165, 1.54) is 19.3 Å². The first-order valence-electron chi connectivity index (χ1n) is 4.11. The molecule has 1 saturated carbocycles. The summed E-state index contributed by atoms with van der Waals surface area (Å²) < 4.78 is 24.4. The Hall–Kier alpha value is -0.0900. The fraction of sp³-hybridized carbons (Fsp3) is 1.00. The van der Waals surface area contributed by atoms with Crippen molar-refractivity contribution in [2.24, 2.45) is 5.92 Å². The molecular weight excluding hydrogens is 162 g/mol. The molecule has 0 heterocycles. The molecule has 0 amide bonds. The lowest BCUT2D eigenvalue weighted by Gasteiger charge is -2.25. The number of sulfonamides is 1. The first-order valence-corrected chi connectivity index (χ1v) is 5.76. The topological polar surface area (TPSA) is 46.2 Å². The molecule has 0 aliphatic heterocycles. The summed E-state index contributed by atoms with van der Waals surface area (Å²) in [6.45, 7) is 2.30. The quantitative estimate of drug-likeness (QED) is 0.688. The maximum absolute atomic E-state index is 10.9. The lowest BCUT2D eigenvalue weighted by Crippen LogP contribution is -2.33. The molecule has 0 radical (unpaired) electrons. The summed E-state index contributed by atoms with van der Waals surface area (Å²) in [5, 5.41) is 0. The van der Waals surface area contributed by atoms with E-state index in [0.717, 1.165) is 0 Å². The minimum Gasteiger partial charge on any atom is -0.215 e. The third kappa shape index (κ3) is 2.79. The molecule has 11 heavy (non-hydrogen) atoms. The smallest absolute Gasteiger partial charge is 0.211 e. The Morgan fingerprint density at radius 2 is 2.09 bits per heavy atom. The molecule has 0 spiro atoms. The third-order valence-electron chi connectivity index (χ3n) is 2.20. The number of hydrogen-bond acceptors (Lipinski definition) is 2. The van der Waals surface area contributed by atoms with Gasteiger partial charge in [-0.05, 0) is 25.7 Å². The molecule has 1 N–H and O–H groups in total. The molecule has 3 nitrogen and oxygen atoms in total. The highest BCUT2D eigenvalue weighted by Gasteiger charge is 2.18. The second-order valence-electron chi connectivity index (χ2n) is 3.05. The van der Waals surface area contributed by atoms with E-state index in [-0.39, 0.29) is 5.75 Å². The highest BCUT2D eigenvalue weighted by atomic mass is 32.2. The van der Waals surface area contributed by atoms with Gasteiger partial charge in [-0.15, -0.1) is 0 Å². The van der Waals surface area contributed by atoms with E-state index in [4.69, 9.17) is 0 Å². The molecule has 0 aromatic carbocycles. The molecule has 1 aliphatic carbocycles. The van der Waals surface area contributed by atoms with Gasteiger partial charge < -0.3 is 0 Å². The molecule has 0 unspecified atom stereocenters. The Morgan fingerprint density at radius 1 is 1.45 bits per heavy atom. The van der Waals surface area contributed by atoms with Crippen LogP contribution in [0.2, 0.25) is 0 Å². The fourth-order valence-corrected chi connectivity index (χ4v) is 1.74. The van der Waals surface area contributed by atoms with Crippen molar-refractivity contribution in [1.82, 2.24) is 4.72 Å². The van der Waals surface area contributed by atoms with Crippen LogP contribution in [0.5, 0.6) is 0 Å². The van der Waals surface area contributed by atoms with Crippen LogP contribution in [0.25, 0.3) is 0 Å². The minimum absolute atomic E-state index is 0.194. The van der Waals surface area contributed by atoms with Gasteiger partial charge in [0.15, 0.2) is 0 Å². The Kier molecular flexibility index (Phi) is 2.90. The van der Waals surface area contributed by atoms with Crippen molar-refractivity contribution in [2.45, 2.75) is 26.2 Å². The number of hydrogen-bond donors (Lipinski definition) is 1. The zero-order chi connectivity index (χ0) is 8.32. The Balaban J connectivity index is 2.20. The van der Waals surface area contributed by atoms with E-state index in [1.807, 2.05) is 0 Å². The zero-order valence-corrected chi connectivity index (χ0v) is 7.65. The average Bonchev–Trinajstić information content (AvgIpc) is 1.84. The van der Waals surface area contributed by atoms with Gasteiger partial charge in [0.05, 0.1) is 5.75 Å². The summed E-state index contributed by atoms with van der Waals surface area (Å²) in [6.07, 6.45) is 3.64. The molecule has 0 aromatic heterocycles. The van der Waals surface area contributed by atoms with Crippen molar-refractivity contribution in [1.29, 1.82) is 0 Å². The van der Waals surface area contributed by atoms with E-state index in [1.54, 1.807) is 6.92 Å². The monoisotopic (exact) mass is 177 g/mol. The lowest BCUT2D eigenvalue weighted by molar-refractivity contribution is 0.316. The maximum Gasteiger partial charge on any atom is 0.211 e. The summed E-state index contributed by atoms with van der Waals surface area (Å²) in [4.78, 5) is 0. The lowest BCUT2D eigenvalue weighted by atomic mass is 9.86. The van der Waals surface area contributed by atoms with Crippen molar-refractivity contribution in [3.63, 3.8) is 0 Å². The van der Waals surface area contributed by atoms with E-state index < -0.39 is 10.0 Å². The van der Waals surface area contributed by atoms with E-state index >= 15 is 0 Å². The summed E-state index contributed by atoms with van der Waals surface area (Å²) in [6, 6.07) is 0. The van der Waals surface area contributed by atoms with Gasteiger partial charge in [-0.3, -0.25) is 0 Å². The van der Waals surface area contributed by atoms with Crippen LogP contribution in [-0.4, -0.2) is 20.7 Å². The molecule has 0 bridgehead atoms. The normalized spacial score (nSPS) is 19.7. The predicted octanol–water partition coefficient (Wildman–Crippen LogP) is 0.726. The molecule has 1 aliphatic rings. The minimum atomic E-state index is -2.94. The molecule has 4 heteroatoms. The van der Waals surface area contributed by atoms with Gasteiger partial charge in [-0.2, -0.15) is 0 Å². The zero-order valence-electron chi connectivity index (χ0n) is 6.84. The summed E-state index contributed by atoms with van der Waals surface area (Å²) in [7, 11) is -2.94. The molecule has 0 aromatic rings. The highest BCUT2D eigenvalue weighted by Crippen LogP contribution is 2.25. The largest absolute Gasteiger partial charge is 0.215 e. The molecule has 1 fully saturated rings. The average molecular weight is 177 g/mol. The standard InChI is InChI=1S/C7H15NO2S/c1-2-11(9,10)8-6-7-4-3-5-7/h7-8H,2-6H2,1H3.